The second-order valence-electron chi connectivity index (χ2n) is 15.0. The minimum Gasteiger partial charge on any atom is -0.450 e. The molecule has 3 saturated carbocycles. The fraction of sp³-hybridized carbons (Fsp3) is 0.875. The number of halogens is 10. The Morgan fingerprint density at radius 3 is 1.43 bits per heavy atom. The Morgan fingerprint density at radius 1 is 0.704 bits per heavy atom. The van der Waals surface area contributed by atoms with E-state index in [1.807, 2.05) is 12.6 Å². The molecule has 54 heavy (non-hydrogen) atoms. The Bertz CT molecular complexity index is 1420. The molecule has 11 nitrogen and oxygen atoms in total. The van der Waals surface area contributed by atoms with Crippen LogP contribution in [0.3, 0.4) is 0 Å². The summed E-state index contributed by atoms with van der Waals surface area (Å²) >= 11 is 0. The van der Waals surface area contributed by atoms with Crippen LogP contribution in [0.5, 0.6) is 0 Å². The van der Waals surface area contributed by atoms with Gasteiger partial charge in [0.25, 0.3) is 0 Å². The molecule has 4 bridgehead atoms. The molecule has 2 heterocycles. The molecule has 0 aromatic carbocycles. The maximum Gasteiger partial charge on any atom is 0.496 e. The van der Waals surface area contributed by atoms with Crippen molar-refractivity contribution < 1.29 is 95.9 Å². The number of carbonyl (C=O) groups excluding carboxylic acids is 2. The SMILES string of the molecule is CC1(OC(=O)C2CC3C=CC2C3)COC(O)(C(F)(F)F)C1(F)F.CC1(OC(=O)C2CC3CCC2C3)COC(O)(C(F)(F)F)C1(F)F.CO[Si](C)(OC)OC. The van der Waals surface area contributed by atoms with Crippen LogP contribution in [-0.2, 0) is 41.8 Å². The smallest absolute Gasteiger partial charge is 0.450 e. The summed E-state index contributed by atoms with van der Waals surface area (Å²) in [4.78, 5) is 24.3. The quantitative estimate of drug-likeness (QED) is 0.145. The van der Waals surface area contributed by atoms with Gasteiger partial charge in [-0.15, -0.1) is 0 Å². The van der Waals surface area contributed by atoms with Gasteiger partial charge >= 0.3 is 56.5 Å². The van der Waals surface area contributed by atoms with E-state index in [1.165, 1.54) is 0 Å². The molecule has 10 unspecified atom stereocenters. The number of esters is 2. The molecular formula is C32H44F10O11Si. The van der Waals surface area contributed by atoms with Crippen LogP contribution in [0.4, 0.5) is 43.9 Å². The van der Waals surface area contributed by atoms with Crippen molar-refractivity contribution in [3.63, 3.8) is 0 Å². The van der Waals surface area contributed by atoms with Crippen LogP contribution in [0.25, 0.3) is 0 Å². The van der Waals surface area contributed by atoms with Crippen molar-refractivity contribution in [2.45, 2.75) is 106 Å². The molecule has 0 aromatic rings. The summed E-state index contributed by atoms with van der Waals surface area (Å²) < 4.78 is 165. The maximum atomic E-state index is 14.2. The number of fused-ring (bicyclic) bond motifs is 4. The van der Waals surface area contributed by atoms with E-state index >= 15 is 0 Å². The van der Waals surface area contributed by atoms with Gasteiger partial charge in [0.1, 0.15) is 0 Å². The van der Waals surface area contributed by atoms with Crippen LogP contribution in [0.1, 0.15) is 52.4 Å². The average molecular weight is 823 g/mol. The van der Waals surface area contributed by atoms with Gasteiger partial charge in [-0.2, -0.15) is 43.9 Å². The number of hydrogen-bond acceptors (Lipinski definition) is 11. The third kappa shape index (κ3) is 7.42. The van der Waals surface area contributed by atoms with Gasteiger partial charge in [0.05, 0.1) is 25.0 Å². The molecule has 2 saturated heterocycles. The second-order valence-corrected chi connectivity index (χ2v) is 17.9. The van der Waals surface area contributed by atoms with Crippen molar-refractivity contribution in [3.05, 3.63) is 12.2 Å². The molecule has 6 rings (SSSR count). The van der Waals surface area contributed by atoms with E-state index in [-0.39, 0.29) is 17.8 Å². The highest BCUT2D eigenvalue weighted by molar-refractivity contribution is 6.58. The Kier molecular flexibility index (Phi) is 12.1. The predicted molar refractivity (Wildman–Crippen MR) is 163 cm³/mol. The van der Waals surface area contributed by atoms with E-state index in [9.17, 15) is 63.7 Å². The van der Waals surface area contributed by atoms with Gasteiger partial charge in [-0.1, -0.05) is 18.6 Å². The highest BCUT2D eigenvalue weighted by Crippen LogP contribution is 2.57. The van der Waals surface area contributed by atoms with E-state index in [2.05, 4.69) is 9.47 Å². The van der Waals surface area contributed by atoms with Gasteiger partial charge in [0.2, 0.25) is 11.2 Å². The average Bonchev–Trinajstić information content (AvgIpc) is 3.94. The first-order chi connectivity index (χ1) is 24.5. The molecule has 4 aliphatic carbocycles. The lowest BCUT2D eigenvalue weighted by molar-refractivity contribution is -0.409. The third-order valence-corrected chi connectivity index (χ3v) is 13.7. The predicted octanol–water partition coefficient (Wildman–Crippen LogP) is 5.55. The van der Waals surface area contributed by atoms with Crippen LogP contribution in [0, 0.1) is 35.5 Å². The first-order valence-corrected chi connectivity index (χ1v) is 19.1. The number of allylic oxidation sites excluding steroid dienone is 2. The molecule has 6 aliphatic rings. The van der Waals surface area contributed by atoms with E-state index in [0.29, 0.717) is 39.0 Å². The fourth-order valence-corrected chi connectivity index (χ4v) is 8.20. The van der Waals surface area contributed by atoms with Gasteiger partial charge in [-0.3, -0.25) is 9.59 Å². The molecule has 10 atom stereocenters. The normalized spacial score (nSPS) is 40.2. The number of alkyl halides is 10. The van der Waals surface area contributed by atoms with Crippen LogP contribution in [0.15, 0.2) is 12.2 Å². The summed E-state index contributed by atoms with van der Waals surface area (Å²) in [6.45, 7) is 0.632. The highest BCUT2D eigenvalue weighted by atomic mass is 28.4. The molecule has 0 amide bonds. The number of ether oxygens (including phenoxy) is 4. The van der Waals surface area contributed by atoms with Gasteiger partial charge in [0, 0.05) is 27.9 Å². The number of aliphatic hydroxyl groups is 2. The second kappa shape index (κ2) is 14.7. The van der Waals surface area contributed by atoms with Gasteiger partial charge in [0.15, 0.2) is 0 Å². The minimum absolute atomic E-state index is 0.0357. The van der Waals surface area contributed by atoms with Crippen molar-refractivity contribution in [2.75, 3.05) is 34.5 Å². The van der Waals surface area contributed by atoms with E-state index in [1.54, 1.807) is 27.4 Å². The summed E-state index contributed by atoms with van der Waals surface area (Å²) in [7, 11) is 2.58. The summed E-state index contributed by atoms with van der Waals surface area (Å²) in [6.07, 6.45) is -3.51. The van der Waals surface area contributed by atoms with Crippen LogP contribution in [0.2, 0.25) is 6.55 Å². The Labute approximate surface area is 304 Å². The molecule has 2 aliphatic heterocycles. The minimum atomic E-state index is -5.73. The zero-order valence-corrected chi connectivity index (χ0v) is 31.1. The molecule has 0 radical (unpaired) electrons. The van der Waals surface area contributed by atoms with E-state index < -0.39 is 92.8 Å². The van der Waals surface area contributed by atoms with Crippen molar-refractivity contribution in [1.29, 1.82) is 0 Å². The molecule has 5 fully saturated rings. The van der Waals surface area contributed by atoms with E-state index in [4.69, 9.17) is 22.8 Å². The van der Waals surface area contributed by atoms with Gasteiger partial charge in [-0.05, 0) is 69.6 Å². The molecule has 312 valence electrons. The van der Waals surface area contributed by atoms with Crippen molar-refractivity contribution in [1.82, 2.24) is 0 Å². The number of carbonyl (C=O) groups is 2. The Morgan fingerprint density at radius 2 is 1.15 bits per heavy atom. The lowest BCUT2D eigenvalue weighted by Crippen LogP contribution is -2.63. The summed E-state index contributed by atoms with van der Waals surface area (Å²) in [5.74, 6) is -21.7. The van der Waals surface area contributed by atoms with Gasteiger partial charge in [-0.25, -0.2) is 0 Å². The topological polar surface area (TPSA) is 139 Å². The molecule has 0 aromatic heterocycles. The third-order valence-electron chi connectivity index (χ3n) is 11.4. The first kappa shape index (κ1) is 44.6. The standard InChI is InChI=1S/C14H17F5O4.C14H15F5O4.C4H12O3Si/c2*1-11(6-22-13(21,12(11,15)16)14(17,18)19)23-10(20)9-5-7-2-3-8(9)4-7;1-5-8(4,6-2)7-3/h7-9,21H,2-6H2,1H3;2-3,7-9,21H,4-6H2,1H3;1-4H3. The zero-order chi connectivity index (χ0) is 41.1. The molecule has 22 heteroatoms. The lowest BCUT2D eigenvalue weighted by Gasteiger charge is -2.36. The van der Waals surface area contributed by atoms with Crippen molar-refractivity contribution in [3.8, 4) is 0 Å². The summed E-state index contributed by atoms with van der Waals surface area (Å²) in [5, 5.41) is 18.6. The van der Waals surface area contributed by atoms with E-state index in [0.717, 1.165) is 19.3 Å². The van der Waals surface area contributed by atoms with Crippen molar-refractivity contribution in [2.24, 2.45) is 35.5 Å². The van der Waals surface area contributed by atoms with Crippen LogP contribution >= 0.6 is 0 Å². The molecule has 0 spiro atoms. The largest absolute Gasteiger partial charge is 0.496 e. The Hall–Kier alpha value is -2.08. The monoisotopic (exact) mass is 822 g/mol. The molecular weight excluding hydrogens is 778 g/mol. The number of hydrogen-bond donors (Lipinski definition) is 2. The van der Waals surface area contributed by atoms with Gasteiger partial charge < -0.3 is 42.4 Å². The molecule has 2 N–H and O–H groups in total. The number of rotatable bonds is 7. The zero-order valence-electron chi connectivity index (χ0n) is 30.1. The first-order valence-electron chi connectivity index (χ1n) is 16.9. The fourth-order valence-electron chi connectivity index (χ4n) is 7.70. The summed E-state index contributed by atoms with van der Waals surface area (Å²) in [6, 6.07) is 0. The maximum absolute atomic E-state index is 14.2. The lowest BCUT2D eigenvalue weighted by atomic mass is 9.88. The van der Waals surface area contributed by atoms with Crippen molar-refractivity contribution >= 4 is 20.7 Å². The van der Waals surface area contributed by atoms with Crippen LogP contribution in [-0.4, -0.2) is 112 Å². The summed E-state index contributed by atoms with van der Waals surface area (Å²) in [5.41, 5.74) is -5.75. The van der Waals surface area contributed by atoms with Crippen LogP contribution < -0.4 is 0 Å². The highest BCUT2D eigenvalue weighted by Gasteiger charge is 2.84. The Balaban J connectivity index is 0.000000201.